The molecule has 0 atom stereocenters. The van der Waals surface area contributed by atoms with E-state index in [-0.39, 0.29) is 0 Å². The van der Waals surface area contributed by atoms with E-state index in [1.807, 2.05) is 6.92 Å². The number of thioether (sulfide) groups is 1. The fraction of sp³-hybridized carbons (Fsp3) is 0.600. The van der Waals surface area contributed by atoms with Crippen LogP contribution in [0.5, 0.6) is 0 Å². The molecule has 0 aliphatic heterocycles. The maximum Gasteiger partial charge on any atom is 0.126 e. The van der Waals surface area contributed by atoms with E-state index < -0.39 is 0 Å². The molecule has 2 nitrogen and oxygen atoms in total. The first-order valence-corrected chi connectivity index (χ1v) is 6.31. The van der Waals surface area contributed by atoms with Crippen molar-refractivity contribution in [2.45, 2.75) is 31.7 Å². The summed E-state index contributed by atoms with van der Waals surface area (Å²) in [7, 11) is 0. The molecule has 1 aromatic heterocycles. The van der Waals surface area contributed by atoms with E-state index in [4.69, 9.17) is 11.6 Å². The first-order chi connectivity index (χ1) is 6.76. The highest BCUT2D eigenvalue weighted by atomic mass is 35.5. The van der Waals surface area contributed by atoms with Crippen molar-refractivity contribution >= 4 is 23.4 Å². The van der Waals surface area contributed by atoms with Gasteiger partial charge < -0.3 is 0 Å². The number of hydrogen-bond donors (Lipinski definition) is 0. The number of aromatic nitrogens is 2. The molecule has 0 N–H and O–H groups in total. The summed E-state index contributed by atoms with van der Waals surface area (Å²) in [6, 6.07) is 2.06. The SMILES string of the molecule is CCc1cc(SCCCCl)nc(C)n1. The number of halogens is 1. The molecule has 0 aliphatic rings. The Hall–Kier alpha value is -0.280. The lowest BCUT2D eigenvalue weighted by atomic mass is 10.3. The Labute approximate surface area is 94.5 Å². The third-order valence-electron chi connectivity index (χ3n) is 1.76. The molecule has 14 heavy (non-hydrogen) atoms. The van der Waals surface area contributed by atoms with E-state index in [1.54, 1.807) is 11.8 Å². The van der Waals surface area contributed by atoms with Crippen molar-refractivity contribution in [1.82, 2.24) is 9.97 Å². The molecular weight excluding hydrogens is 216 g/mol. The monoisotopic (exact) mass is 230 g/mol. The van der Waals surface area contributed by atoms with Crippen molar-refractivity contribution in [3.05, 3.63) is 17.6 Å². The molecule has 0 fully saturated rings. The lowest BCUT2D eigenvalue weighted by Crippen LogP contribution is -1.96. The minimum absolute atomic E-state index is 0.720. The fourth-order valence-electron chi connectivity index (χ4n) is 1.09. The Balaban J connectivity index is 2.62. The minimum atomic E-state index is 0.720. The summed E-state index contributed by atoms with van der Waals surface area (Å²) in [6.45, 7) is 4.04. The van der Waals surface area contributed by atoms with Gasteiger partial charge in [-0.15, -0.1) is 23.4 Å². The predicted molar refractivity (Wildman–Crippen MR) is 62.2 cm³/mol. The van der Waals surface area contributed by atoms with Crippen molar-refractivity contribution in [1.29, 1.82) is 0 Å². The quantitative estimate of drug-likeness (QED) is 0.337. The molecule has 78 valence electrons. The Kier molecular flexibility index (Phi) is 5.26. The summed E-state index contributed by atoms with van der Waals surface area (Å²) >= 11 is 7.36. The smallest absolute Gasteiger partial charge is 0.126 e. The lowest BCUT2D eigenvalue weighted by molar-refractivity contribution is 0.895. The lowest BCUT2D eigenvalue weighted by Gasteiger charge is -2.03. The molecule has 0 bridgehead atoms. The van der Waals surface area contributed by atoms with Crippen LogP contribution in [-0.2, 0) is 6.42 Å². The van der Waals surface area contributed by atoms with Gasteiger partial charge in [0.05, 0.1) is 5.03 Å². The van der Waals surface area contributed by atoms with Crippen molar-refractivity contribution < 1.29 is 0 Å². The Morgan fingerprint density at radius 1 is 1.43 bits per heavy atom. The zero-order valence-electron chi connectivity index (χ0n) is 8.59. The molecule has 0 radical (unpaired) electrons. The number of aryl methyl sites for hydroxylation is 2. The van der Waals surface area contributed by atoms with Gasteiger partial charge in [-0.25, -0.2) is 9.97 Å². The Bertz CT molecular complexity index is 291. The van der Waals surface area contributed by atoms with Crippen LogP contribution in [0, 0.1) is 6.92 Å². The molecule has 0 amide bonds. The van der Waals surface area contributed by atoms with Crippen LogP contribution < -0.4 is 0 Å². The van der Waals surface area contributed by atoms with Gasteiger partial charge in [0.2, 0.25) is 0 Å². The summed E-state index contributed by atoms with van der Waals surface area (Å²) < 4.78 is 0. The van der Waals surface area contributed by atoms with Gasteiger partial charge in [0.25, 0.3) is 0 Å². The fourth-order valence-corrected chi connectivity index (χ4v) is 2.29. The molecular formula is C10H15ClN2S. The van der Waals surface area contributed by atoms with Gasteiger partial charge in [-0.2, -0.15) is 0 Å². The molecule has 0 unspecified atom stereocenters. The van der Waals surface area contributed by atoms with Crippen LogP contribution in [0.4, 0.5) is 0 Å². The standard InChI is InChI=1S/C10H15ClN2S/c1-3-9-7-10(13-8(2)12-9)14-6-4-5-11/h7H,3-6H2,1-2H3. The Morgan fingerprint density at radius 3 is 2.86 bits per heavy atom. The highest BCUT2D eigenvalue weighted by molar-refractivity contribution is 7.99. The maximum atomic E-state index is 5.61. The summed E-state index contributed by atoms with van der Waals surface area (Å²) in [4.78, 5) is 8.69. The van der Waals surface area contributed by atoms with Crippen LogP contribution in [0.1, 0.15) is 24.9 Å². The van der Waals surface area contributed by atoms with E-state index >= 15 is 0 Å². The van der Waals surface area contributed by atoms with Gasteiger partial charge in [-0.3, -0.25) is 0 Å². The van der Waals surface area contributed by atoms with E-state index in [2.05, 4.69) is 23.0 Å². The van der Waals surface area contributed by atoms with Crippen LogP contribution in [-0.4, -0.2) is 21.6 Å². The molecule has 0 spiro atoms. The molecule has 0 aliphatic carbocycles. The summed E-state index contributed by atoms with van der Waals surface area (Å²) in [6.07, 6.45) is 1.99. The van der Waals surface area contributed by atoms with Crippen molar-refractivity contribution in [3.8, 4) is 0 Å². The first-order valence-electron chi connectivity index (χ1n) is 4.79. The second-order valence-corrected chi connectivity index (χ2v) is 4.48. The second-order valence-electron chi connectivity index (χ2n) is 2.99. The zero-order chi connectivity index (χ0) is 10.4. The predicted octanol–water partition coefficient (Wildman–Crippen LogP) is 3.07. The third kappa shape index (κ3) is 3.84. The maximum absolute atomic E-state index is 5.61. The van der Waals surface area contributed by atoms with Gasteiger partial charge in [0.15, 0.2) is 0 Å². The normalized spacial score (nSPS) is 10.5. The summed E-state index contributed by atoms with van der Waals surface area (Å²) in [5, 5.41) is 1.07. The first kappa shape index (κ1) is 11.8. The highest BCUT2D eigenvalue weighted by Gasteiger charge is 2.00. The van der Waals surface area contributed by atoms with Crippen molar-refractivity contribution in [2.75, 3.05) is 11.6 Å². The van der Waals surface area contributed by atoms with Gasteiger partial charge in [0.1, 0.15) is 5.82 Å². The van der Waals surface area contributed by atoms with Crippen LogP contribution in [0.3, 0.4) is 0 Å². The van der Waals surface area contributed by atoms with Crippen LogP contribution in [0.2, 0.25) is 0 Å². The number of alkyl halides is 1. The van der Waals surface area contributed by atoms with Crippen LogP contribution in [0.25, 0.3) is 0 Å². The topological polar surface area (TPSA) is 25.8 Å². The van der Waals surface area contributed by atoms with Crippen molar-refractivity contribution in [3.63, 3.8) is 0 Å². The molecule has 4 heteroatoms. The molecule has 0 saturated carbocycles. The summed E-state index contributed by atoms with van der Waals surface area (Å²) in [5.74, 6) is 2.61. The molecule has 1 heterocycles. The van der Waals surface area contributed by atoms with Gasteiger partial charge in [0, 0.05) is 17.3 Å². The van der Waals surface area contributed by atoms with Crippen LogP contribution in [0.15, 0.2) is 11.1 Å². The van der Waals surface area contributed by atoms with Gasteiger partial charge in [-0.05, 0) is 25.8 Å². The van der Waals surface area contributed by atoms with Crippen molar-refractivity contribution in [2.24, 2.45) is 0 Å². The molecule has 1 rings (SSSR count). The Morgan fingerprint density at radius 2 is 2.21 bits per heavy atom. The molecule has 0 aromatic carbocycles. The van der Waals surface area contributed by atoms with Gasteiger partial charge in [-0.1, -0.05) is 6.92 Å². The third-order valence-corrected chi connectivity index (χ3v) is 3.02. The number of rotatable bonds is 5. The van der Waals surface area contributed by atoms with E-state index in [9.17, 15) is 0 Å². The number of hydrogen-bond acceptors (Lipinski definition) is 3. The summed E-state index contributed by atoms with van der Waals surface area (Å²) in [5.41, 5.74) is 1.12. The zero-order valence-corrected chi connectivity index (χ0v) is 10.2. The molecule has 1 aromatic rings. The second kappa shape index (κ2) is 6.25. The number of nitrogens with zero attached hydrogens (tertiary/aromatic N) is 2. The van der Waals surface area contributed by atoms with E-state index in [0.717, 1.165) is 41.0 Å². The van der Waals surface area contributed by atoms with E-state index in [0.29, 0.717) is 0 Å². The highest BCUT2D eigenvalue weighted by Crippen LogP contribution is 2.17. The largest absolute Gasteiger partial charge is 0.238 e. The van der Waals surface area contributed by atoms with Gasteiger partial charge >= 0.3 is 0 Å². The van der Waals surface area contributed by atoms with E-state index in [1.165, 1.54) is 0 Å². The average molecular weight is 231 g/mol. The van der Waals surface area contributed by atoms with Crippen LogP contribution >= 0.6 is 23.4 Å². The molecule has 0 saturated heterocycles. The minimum Gasteiger partial charge on any atom is -0.238 e. The average Bonchev–Trinajstić information content (AvgIpc) is 2.17.